The Bertz CT molecular complexity index is 1230. The Labute approximate surface area is 194 Å². The van der Waals surface area contributed by atoms with Gasteiger partial charge in [-0.25, -0.2) is 14.4 Å². The zero-order chi connectivity index (χ0) is 23.3. The average Bonchev–Trinajstić information content (AvgIpc) is 3.26. The van der Waals surface area contributed by atoms with Crippen molar-refractivity contribution in [2.45, 2.75) is 64.1 Å². The second-order valence-electron chi connectivity index (χ2n) is 8.81. The summed E-state index contributed by atoms with van der Waals surface area (Å²) in [5, 5.41) is 3.93. The third kappa shape index (κ3) is 4.14. The van der Waals surface area contributed by atoms with Gasteiger partial charge < -0.3 is 25.3 Å². The van der Waals surface area contributed by atoms with E-state index in [-0.39, 0.29) is 18.3 Å². The monoisotopic (exact) mass is 472 g/mol. The van der Waals surface area contributed by atoms with E-state index in [9.17, 15) is 9.18 Å². The first-order valence-corrected chi connectivity index (χ1v) is 11.7. The van der Waals surface area contributed by atoms with Crippen molar-refractivity contribution >= 4 is 39.0 Å². The molecule has 0 bridgehead atoms. The Morgan fingerprint density at radius 2 is 2.12 bits per heavy atom. The number of aromatic nitrogens is 2. The van der Waals surface area contributed by atoms with E-state index in [4.69, 9.17) is 19.9 Å². The second kappa shape index (κ2) is 8.19. The number of anilines is 2. The summed E-state index contributed by atoms with van der Waals surface area (Å²) in [5.74, 6) is -0.765. The number of aryl methyl sites for hydroxylation is 1. The molecule has 5 rings (SSSR count). The molecule has 2 aromatic heterocycles. The van der Waals surface area contributed by atoms with E-state index in [0.717, 1.165) is 19.3 Å². The molecule has 0 radical (unpaired) electrons. The number of fused-ring (bicyclic) bond motifs is 2. The van der Waals surface area contributed by atoms with E-state index in [2.05, 4.69) is 15.3 Å². The summed E-state index contributed by atoms with van der Waals surface area (Å²) in [6, 6.07) is 4.30. The molecule has 1 aliphatic carbocycles. The number of carbonyl (C=O) groups is 1. The van der Waals surface area contributed by atoms with Crippen LogP contribution in [0.25, 0.3) is 10.2 Å². The first-order valence-electron chi connectivity index (χ1n) is 10.8. The molecular weight excluding hydrogens is 447 g/mol. The fraction of sp³-hybridized carbons (Fsp3) is 0.435. The van der Waals surface area contributed by atoms with E-state index in [0.29, 0.717) is 37.9 Å². The number of nitrogens with one attached hydrogen (secondary N) is 1. The normalized spacial score (nSPS) is 23.9. The summed E-state index contributed by atoms with van der Waals surface area (Å²) in [7, 11) is 0. The molecule has 2 aliphatic rings. The molecule has 0 spiro atoms. The Kier molecular flexibility index (Phi) is 5.46. The number of rotatable bonds is 5. The molecule has 3 heterocycles. The van der Waals surface area contributed by atoms with Crippen LogP contribution >= 0.6 is 11.3 Å². The van der Waals surface area contributed by atoms with Crippen molar-refractivity contribution in [1.29, 1.82) is 0 Å². The maximum absolute atomic E-state index is 14.2. The molecule has 1 aromatic carbocycles. The largest absolute Gasteiger partial charge is 0.485 e. The SMILES string of the molecule is Cc1c(C(N)=O)sc2ncnc(Nc3ccc(F)cc3OC3CCCC4OC(C)(C)OC34)c12. The highest BCUT2D eigenvalue weighted by Gasteiger charge is 2.48. The van der Waals surface area contributed by atoms with Gasteiger partial charge in [0.05, 0.1) is 22.1 Å². The van der Waals surface area contributed by atoms with Crippen LogP contribution in [0.1, 0.15) is 48.3 Å². The van der Waals surface area contributed by atoms with E-state index in [1.807, 2.05) is 13.8 Å². The molecule has 1 amide bonds. The van der Waals surface area contributed by atoms with Crippen molar-refractivity contribution in [3.8, 4) is 5.75 Å². The minimum absolute atomic E-state index is 0.0501. The van der Waals surface area contributed by atoms with Crippen molar-refractivity contribution in [2.75, 3.05) is 5.32 Å². The minimum atomic E-state index is -0.675. The number of primary amides is 1. The first kappa shape index (κ1) is 22.0. The maximum atomic E-state index is 14.2. The minimum Gasteiger partial charge on any atom is -0.485 e. The zero-order valence-corrected chi connectivity index (χ0v) is 19.4. The molecule has 1 saturated heterocycles. The van der Waals surface area contributed by atoms with Crippen LogP contribution < -0.4 is 15.8 Å². The summed E-state index contributed by atoms with van der Waals surface area (Å²) >= 11 is 1.21. The van der Waals surface area contributed by atoms with Crippen LogP contribution in [-0.4, -0.2) is 40.0 Å². The molecule has 3 N–H and O–H groups in total. The third-order valence-corrected chi connectivity index (χ3v) is 7.21. The van der Waals surface area contributed by atoms with Gasteiger partial charge in [0.1, 0.15) is 40.8 Å². The fourth-order valence-corrected chi connectivity index (χ4v) is 5.60. The predicted octanol–water partition coefficient (Wildman–Crippen LogP) is 4.43. The van der Waals surface area contributed by atoms with Crippen molar-refractivity contribution in [3.63, 3.8) is 0 Å². The number of amides is 1. The number of hydrogen-bond donors (Lipinski definition) is 2. The number of halogens is 1. The molecular formula is C23H25FN4O4S. The second-order valence-corrected chi connectivity index (χ2v) is 9.81. The molecule has 33 heavy (non-hydrogen) atoms. The van der Waals surface area contributed by atoms with Crippen LogP contribution in [0.2, 0.25) is 0 Å². The Morgan fingerprint density at radius 1 is 1.30 bits per heavy atom. The fourth-order valence-electron chi connectivity index (χ4n) is 4.60. The summed E-state index contributed by atoms with van der Waals surface area (Å²) in [6.45, 7) is 5.58. The first-order chi connectivity index (χ1) is 15.7. The number of benzene rings is 1. The summed E-state index contributed by atoms with van der Waals surface area (Å²) < 4.78 is 32.6. The Hall–Kier alpha value is -2.82. The van der Waals surface area contributed by atoms with E-state index in [1.165, 1.54) is 29.8 Å². The lowest BCUT2D eigenvalue weighted by Crippen LogP contribution is -2.42. The van der Waals surface area contributed by atoms with Gasteiger partial charge in [-0.05, 0) is 57.7 Å². The van der Waals surface area contributed by atoms with Gasteiger partial charge in [0.2, 0.25) is 0 Å². The lowest BCUT2D eigenvalue weighted by molar-refractivity contribution is -0.151. The van der Waals surface area contributed by atoms with Crippen LogP contribution in [0.5, 0.6) is 5.75 Å². The van der Waals surface area contributed by atoms with Gasteiger partial charge in [-0.2, -0.15) is 0 Å². The summed E-state index contributed by atoms with van der Waals surface area (Å²) in [5.41, 5.74) is 6.75. The highest BCUT2D eigenvalue weighted by atomic mass is 32.1. The molecule has 10 heteroatoms. The van der Waals surface area contributed by atoms with E-state index in [1.54, 1.807) is 13.0 Å². The molecule has 2 fully saturated rings. The molecule has 3 aromatic rings. The topological polar surface area (TPSA) is 109 Å². The number of thiophene rings is 1. The smallest absolute Gasteiger partial charge is 0.259 e. The van der Waals surface area contributed by atoms with Crippen LogP contribution in [0.3, 0.4) is 0 Å². The standard InChI is InChI=1S/C23H25FN4O4S/c1-11-17-21(26-10-27-22(17)33-19(11)20(25)29)28-13-8-7-12(24)9-16(13)30-14-5-4-6-15-18(14)32-23(2,3)31-15/h7-10,14-15,18H,4-6H2,1-3H3,(H2,25,29)(H,26,27,28). The predicted molar refractivity (Wildman–Crippen MR) is 122 cm³/mol. The lowest BCUT2D eigenvalue weighted by Gasteiger charge is -2.32. The number of nitrogens with two attached hydrogens (primary N) is 1. The van der Waals surface area contributed by atoms with Crippen molar-refractivity contribution < 1.29 is 23.4 Å². The van der Waals surface area contributed by atoms with Crippen LogP contribution in [0, 0.1) is 12.7 Å². The molecule has 3 atom stereocenters. The van der Waals surface area contributed by atoms with E-state index < -0.39 is 17.5 Å². The summed E-state index contributed by atoms with van der Waals surface area (Å²) in [6.07, 6.45) is 3.47. The van der Waals surface area contributed by atoms with Gasteiger partial charge in [0.15, 0.2) is 5.79 Å². The van der Waals surface area contributed by atoms with Gasteiger partial charge in [0, 0.05) is 6.07 Å². The van der Waals surface area contributed by atoms with Crippen LogP contribution in [0.15, 0.2) is 24.5 Å². The quantitative estimate of drug-likeness (QED) is 0.565. The van der Waals surface area contributed by atoms with Crippen LogP contribution in [-0.2, 0) is 9.47 Å². The zero-order valence-electron chi connectivity index (χ0n) is 18.6. The molecule has 8 nitrogen and oxygen atoms in total. The van der Waals surface area contributed by atoms with Gasteiger partial charge >= 0.3 is 0 Å². The summed E-state index contributed by atoms with van der Waals surface area (Å²) in [4.78, 5) is 21.5. The van der Waals surface area contributed by atoms with E-state index >= 15 is 0 Å². The Balaban J connectivity index is 1.47. The number of ether oxygens (including phenoxy) is 3. The third-order valence-electron chi connectivity index (χ3n) is 5.99. The van der Waals surface area contributed by atoms with Gasteiger partial charge in [-0.3, -0.25) is 4.79 Å². The van der Waals surface area contributed by atoms with Crippen molar-refractivity contribution in [2.24, 2.45) is 5.73 Å². The number of nitrogens with zero attached hydrogens (tertiary/aromatic N) is 2. The molecule has 3 unspecified atom stereocenters. The van der Waals surface area contributed by atoms with Gasteiger partial charge in [0.25, 0.3) is 5.91 Å². The average molecular weight is 473 g/mol. The van der Waals surface area contributed by atoms with Crippen molar-refractivity contribution in [1.82, 2.24) is 9.97 Å². The Morgan fingerprint density at radius 3 is 2.91 bits per heavy atom. The van der Waals surface area contributed by atoms with Gasteiger partial charge in [-0.1, -0.05) is 0 Å². The molecule has 174 valence electrons. The van der Waals surface area contributed by atoms with Crippen molar-refractivity contribution in [3.05, 3.63) is 40.8 Å². The highest BCUT2D eigenvalue weighted by molar-refractivity contribution is 7.20. The molecule has 1 saturated carbocycles. The van der Waals surface area contributed by atoms with Gasteiger partial charge in [-0.15, -0.1) is 11.3 Å². The number of hydrogen-bond acceptors (Lipinski definition) is 8. The maximum Gasteiger partial charge on any atom is 0.259 e. The highest BCUT2D eigenvalue weighted by Crippen LogP contribution is 2.41. The molecule has 1 aliphatic heterocycles. The van der Waals surface area contributed by atoms with Crippen LogP contribution in [0.4, 0.5) is 15.9 Å². The lowest BCUT2D eigenvalue weighted by atomic mass is 9.92. The number of carbonyl (C=O) groups excluding carboxylic acids is 1.